The van der Waals surface area contributed by atoms with Gasteiger partial charge in [-0.2, -0.15) is 0 Å². The molecule has 0 heterocycles. The van der Waals surface area contributed by atoms with Crippen molar-refractivity contribution in [1.29, 1.82) is 0 Å². The van der Waals surface area contributed by atoms with Gasteiger partial charge in [-0.1, -0.05) is 27.7 Å². The highest BCUT2D eigenvalue weighted by molar-refractivity contribution is 4.88. The number of rotatable bonds is 1. The molecule has 0 saturated heterocycles. The maximum atomic E-state index is 12.6. The molecule has 1 aliphatic rings. The molecule has 0 atom stereocenters. The van der Waals surface area contributed by atoms with Crippen LogP contribution in [0.3, 0.4) is 0 Å². The summed E-state index contributed by atoms with van der Waals surface area (Å²) in [6.07, 6.45) is 3.36. The van der Waals surface area contributed by atoms with Crippen LogP contribution < -0.4 is 0 Å². The van der Waals surface area contributed by atoms with Crippen LogP contribution in [0.5, 0.6) is 0 Å². The van der Waals surface area contributed by atoms with E-state index < -0.39 is 0 Å². The van der Waals surface area contributed by atoms with Crippen molar-refractivity contribution >= 4 is 0 Å². The first-order valence-electron chi connectivity index (χ1n) is 4.91. The van der Waals surface area contributed by atoms with E-state index in [0.717, 1.165) is 12.8 Å². The number of alkyl halides is 1. The zero-order chi connectivity index (χ0) is 9.41. The lowest BCUT2D eigenvalue weighted by Crippen LogP contribution is -2.34. The maximum Gasteiger partial charge on any atom is 0.0923 e. The van der Waals surface area contributed by atoms with Gasteiger partial charge in [0, 0.05) is 0 Å². The molecule has 0 aromatic carbocycles. The van der Waals surface area contributed by atoms with Crippen LogP contribution in [0.2, 0.25) is 0 Å². The lowest BCUT2D eigenvalue weighted by Gasteiger charge is -2.44. The van der Waals surface area contributed by atoms with Gasteiger partial charge in [0.1, 0.15) is 0 Å². The van der Waals surface area contributed by atoms with E-state index in [0.29, 0.717) is 16.7 Å². The molecule has 0 unspecified atom stereocenters. The van der Waals surface area contributed by atoms with Gasteiger partial charge < -0.3 is 0 Å². The molecule has 72 valence electrons. The number of hydrogen-bond acceptors (Lipinski definition) is 0. The molecule has 0 bridgehead atoms. The summed E-state index contributed by atoms with van der Waals surface area (Å²) in [6, 6.07) is 0. The molecule has 1 fully saturated rings. The zero-order valence-corrected chi connectivity index (χ0v) is 8.78. The topological polar surface area (TPSA) is 0 Å². The average Bonchev–Trinajstić information content (AvgIpc) is 1.80. The molecular formula is C11H21F. The lowest BCUT2D eigenvalue weighted by molar-refractivity contribution is 0.0559. The summed E-state index contributed by atoms with van der Waals surface area (Å²) in [6.45, 7) is 8.91. The molecule has 0 radical (unpaired) electrons. The summed E-state index contributed by atoms with van der Waals surface area (Å²) in [4.78, 5) is 0. The van der Waals surface area contributed by atoms with Crippen LogP contribution in [0.1, 0.15) is 47.0 Å². The van der Waals surface area contributed by atoms with Gasteiger partial charge in [0.05, 0.1) is 6.67 Å². The normalized spacial score (nSPS) is 28.8. The van der Waals surface area contributed by atoms with Crippen LogP contribution in [0, 0.1) is 16.7 Å². The molecule has 1 heteroatoms. The molecule has 0 aliphatic heterocycles. The smallest absolute Gasteiger partial charge is 0.0923 e. The van der Waals surface area contributed by atoms with Crippen molar-refractivity contribution in [1.82, 2.24) is 0 Å². The van der Waals surface area contributed by atoms with Gasteiger partial charge in [0.15, 0.2) is 0 Å². The Kier molecular flexibility index (Phi) is 2.51. The SMILES string of the molecule is CC1(C)CC(CF)CC(C)(C)C1. The molecule has 1 aliphatic carbocycles. The Morgan fingerprint density at radius 1 is 1.08 bits per heavy atom. The van der Waals surface area contributed by atoms with Crippen molar-refractivity contribution in [2.45, 2.75) is 47.0 Å². The van der Waals surface area contributed by atoms with E-state index in [1.54, 1.807) is 0 Å². The first kappa shape index (κ1) is 10.0. The standard InChI is InChI=1S/C11H21F/c1-10(2)5-9(7-12)6-11(3,4)8-10/h9H,5-8H2,1-4H3. The van der Waals surface area contributed by atoms with Crippen molar-refractivity contribution in [2.75, 3.05) is 6.67 Å². The fourth-order valence-corrected chi connectivity index (χ4v) is 3.18. The molecule has 1 saturated carbocycles. The van der Waals surface area contributed by atoms with E-state index in [1.165, 1.54) is 6.42 Å². The molecule has 12 heavy (non-hydrogen) atoms. The van der Waals surface area contributed by atoms with Crippen molar-refractivity contribution in [3.63, 3.8) is 0 Å². The largest absolute Gasteiger partial charge is 0.251 e. The summed E-state index contributed by atoms with van der Waals surface area (Å²) in [7, 11) is 0. The molecule has 0 amide bonds. The monoisotopic (exact) mass is 172 g/mol. The molecular weight excluding hydrogens is 151 g/mol. The Labute approximate surface area is 75.5 Å². The Bertz CT molecular complexity index is 142. The quantitative estimate of drug-likeness (QED) is 0.564. The van der Waals surface area contributed by atoms with Gasteiger partial charge in [-0.05, 0) is 36.0 Å². The van der Waals surface area contributed by atoms with E-state index >= 15 is 0 Å². The van der Waals surface area contributed by atoms with Gasteiger partial charge in [0.25, 0.3) is 0 Å². The predicted molar refractivity (Wildman–Crippen MR) is 50.9 cm³/mol. The number of halogens is 1. The van der Waals surface area contributed by atoms with Gasteiger partial charge in [-0.25, -0.2) is 0 Å². The van der Waals surface area contributed by atoms with Crippen LogP contribution in [0.15, 0.2) is 0 Å². The minimum atomic E-state index is -0.132. The third-order valence-corrected chi connectivity index (χ3v) is 2.86. The average molecular weight is 172 g/mol. The van der Waals surface area contributed by atoms with Gasteiger partial charge in [-0.3, -0.25) is 4.39 Å². The van der Waals surface area contributed by atoms with Crippen molar-refractivity contribution in [3.8, 4) is 0 Å². The summed E-state index contributed by atoms with van der Waals surface area (Å²) >= 11 is 0. The minimum absolute atomic E-state index is 0.132. The third kappa shape index (κ3) is 2.46. The fraction of sp³-hybridized carbons (Fsp3) is 1.00. The van der Waals surface area contributed by atoms with Crippen LogP contribution in [0.25, 0.3) is 0 Å². The lowest BCUT2D eigenvalue weighted by atomic mass is 9.62. The van der Waals surface area contributed by atoms with E-state index in [9.17, 15) is 4.39 Å². The Morgan fingerprint density at radius 3 is 1.83 bits per heavy atom. The second kappa shape index (κ2) is 3.01. The fourth-order valence-electron chi connectivity index (χ4n) is 3.18. The Hall–Kier alpha value is -0.0700. The molecule has 1 rings (SSSR count). The summed E-state index contributed by atoms with van der Waals surface area (Å²) in [5.41, 5.74) is 0.691. The molecule has 0 nitrogen and oxygen atoms in total. The first-order valence-corrected chi connectivity index (χ1v) is 4.91. The second-order valence-electron chi connectivity index (χ2n) is 5.93. The molecule has 0 N–H and O–H groups in total. The maximum absolute atomic E-state index is 12.6. The van der Waals surface area contributed by atoms with Gasteiger partial charge in [0.2, 0.25) is 0 Å². The van der Waals surface area contributed by atoms with E-state index in [4.69, 9.17) is 0 Å². The Morgan fingerprint density at radius 2 is 1.50 bits per heavy atom. The van der Waals surface area contributed by atoms with Gasteiger partial charge in [-0.15, -0.1) is 0 Å². The predicted octanol–water partition coefficient (Wildman–Crippen LogP) is 3.81. The third-order valence-electron chi connectivity index (χ3n) is 2.86. The highest BCUT2D eigenvalue weighted by Gasteiger charge is 2.38. The summed E-state index contributed by atoms with van der Waals surface area (Å²) in [5.74, 6) is 0.309. The minimum Gasteiger partial charge on any atom is -0.251 e. The zero-order valence-electron chi connectivity index (χ0n) is 8.78. The van der Waals surface area contributed by atoms with Crippen molar-refractivity contribution in [2.24, 2.45) is 16.7 Å². The van der Waals surface area contributed by atoms with E-state index in [1.807, 2.05) is 0 Å². The summed E-state index contributed by atoms with van der Waals surface area (Å²) < 4.78 is 12.6. The molecule has 0 spiro atoms. The van der Waals surface area contributed by atoms with Gasteiger partial charge >= 0.3 is 0 Å². The van der Waals surface area contributed by atoms with Crippen molar-refractivity contribution < 1.29 is 4.39 Å². The first-order chi connectivity index (χ1) is 5.35. The van der Waals surface area contributed by atoms with Crippen LogP contribution in [-0.4, -0.2) is 6.67 Å². The second-order valence-corrected chi connectivity index (χ2v) is 5.93. The number of hydrogen-bond donors (Lipinski definition) is 0. The van der Waals surface area contributed by atoms with Crippen molar-refractivity contribution in [3.05, 3.63) is 0 Å². The summed E-state index contributed by atoms with van der Waals surface area (Å²) in [5, 5.41) is 0. The molecule has 0 aromatic heterocycles. The molecule has 0 aromatic rings. The van der Waals surface area contributed by atoms with Crippen LogP contribution >= 0.6 is 0 Å². The van der Waals surface area contributed by atoms with Crippen LogP contribution in [-0.2, 0) is 0 Å². The Balaban J connectivity index is 2.66. The highest BCUT2D eigenvalue weighted by atomic mass is 19.1. The van der Waals surface area contributed by atoms with Crippen LogP contribution in [0.4, 0.5) is 4.39 Å². The highest BCUT2D eigenvalue weighted by Crippen LogP contribution is 2.48. The van der Waals surface area contributed by atoms with E-state index in [-0.39, 0.29) is 6.67 Å². The van der Waals surface area contributed by atoms with E-state index in [2.05, 4.69) is 27.7 Å².